The third-order valence-corrected chi connectivity index (χ3v) is 1.71. The largest absolute Gasteiger partial charge is 0.508 e. The van der Waals surface area contributed by atoms with Gasteiger partial charge >= 0.3 is 0 Å². The highest BCUT2D eigenvalue weighted by Gasteiger charge is 1.94. The van der Waals surface area contributed by atoms with Crippen molar-refractivity contribution in [3.63, 3.8) is 0 Å². The van der Waals surface area contributed by atoms with E-state index in [0.29, 0.717) is 0 Å². The number of primary amides is 1. The van der Waals surface area contributed by atoms with Gasteiger partial charge < -0.3 is 10.8 Å². The van der Waals surface area contributed by atoms with E-state index in [4.69, 9.17) is 5.73 Å². The summed E-state index contributed by atoms with van der Waals surface area (Å²) in [6.07, 6.45) is 3.66. The first kappa shape index (κ1) is 10.3. The van der Waals surface area contributed by atoms with Crippen LogP contribution in [-0.4, -0.2) is 11.0 Å². The van der Waals surface area contributed by atoms with E-state index in [1.54, 1.807) is 24.3 Å². The van der Waals surface area contributed by atoms with Crippen LogP contribution in [0.4, 0.5) is 0 Å². The first-order valence-corrected chi connectivity index (χ1v) is 4.33. The van der Waals surface area contributed by atoms with Gasteiger partial charge in [0, 0.05) is 6.42 Å². The second-order valence-corrected chi connectivity index (χ2v) is 3.17. The Bertz CT molecular complexity index is 349. The van der Waals surface area contributed by atoms with Crippen LogP contribution in [0.1, 0.15) is 17.5 Å². The predicted octanol–water partition coefficient (Wildman–Crippen LogP) is 1.59. The Morgan fingerprint density at radius 1 is 1.50 bits per heavy atom. The lowest BCUT2D eigenvalue weighted by Crippen LogP contribution is -2.07. The lowest BCUT2D eigenvalue weighted by atomic mass is 10.1. The van der Waals surface area contributed by atoms with Crippen LogP contribution in [0.3, 0.4) is 0 Å². The van der Waals surface area contributed by atoms with Crippen molar-refractivity contribution < 1.29 is 9.90 Å². The molecule has 0 unspecified atom stereocenters. The van der Waals surface area contributed by atoms with Gasteiger partial charge in [0.2, 0.25) is 5.91 Å². The van der Waals surface area contributed by atoms with E-state index in [1.165, 1.54) is 0 Å². The summed E-state index contributed by atoms with van der Waals surface area (Å²) in [5, 5.41) is 9.28. The van der Waals surface area contributed by atoms with E-state index in [-0.39, 0.29) is 18.1 Å². The number of carbonyl (C=O) groups excluding carboxylic acids is 1. The Balaban J connectivity index is 2.76. The minimum atomic E-state index is -0.363. The summed E-state index contributed by atoms with van der Waals surface area (Å²) in [6, 6.07) is 5.22. The van der Waals surface area contributed by atoms with Crippen LogP contribution in [0.25, 0.3) is 6.08 Å². The number of hydrogen-bond acceptors (Lipinski definition) is 2. The first-order chi connectivity index (χ1) is 6.58. The van der Waals surface area contributed by atoms with Crippen molar-refractivity contribution in [1.82, 2.24) is 0 Å². The van der Waals surface area contributed by atoms with E-state index < -0.39 is 0 Å². The minimum Gasteiger partial charge on any atom is -0.508 e. The van der Waals surface area contributed by atoms with Crippen LogP contribution >= 0.6 is 0 Å². The number of phenolic OH excluding ortho intramolecular Hbond substituents is 1. The van der Waals surface area contributed by atoms with Crippen LogP contribution in [0.5, 0.6) is 5.75 Å². The summed E-state index contributed by atoms with van der Waals surface area (Å²) in [6.45, 7) is 1.89. The molecule has 1 amide bonds. The van der Waals surface area contributed by atoms with Crippen molar-refractivity contribution in [1.29, 1.82) is 0 Å². The summed E-state index contributed by atoms with van der Waals surface area (Å²) in [5.74, 6) is -0.137. The van der Waals surface area contributed by atoms with Gasteiger partial charge in [-0.1, -0.05) is 18.2 Å². The van der Waals surface area contributed by atoms with E-state index in [9.17, 15) is 9.90 Å². The predicted molar refractivity (Wildman–Crippen MR) is 55.7 cm³/mol. The molecule has 0 aliphatic carbocycles. The van der Waals surface area contributed by atoms with Crippen LogP contribution in [-0.2, 0) is 4.79 Å². The van der Waals surface area contributed by atoms with E-state index in [2.05, 4.69) is 0 Å². The van der Waals surface area contributed by atoms with Crippen molar-refractivity contribution in [2.45, 2.75) is 13.3 Å². The second-order valence-electron chi connectivity index (χ2n) is 3.17. The molecule has 0 aliphatic heterocycles. The number of nitrogens with two attached hydrogens (primary N) is 1. The fourth-order valence-electron chi connectivity index (χ4n) is 1.20. The van der Waals surface area contributed by atoms with E-state index in [0.717, 1.165) is 11.1 Å². The lowest BCUT2D eigenvalue weighted by Gasteiger charge is -1.98. The Hall–Kier alpha value is -1.77. The number of carbonyl (C=O) groups is 1. The quantitative estimate of drug-likeness (QED) is 0.762. The lowest BCUT2D eigenvalue weighted by molar-refractivity contribution is -0.117. The van der Waals surface area contributed by atoms with Crippen molar-refractivity contribution in [2.24, 2.45) is 5.73 Å². The molecule has 0 saturated heterocycles. The monoisotopic (exact) mass is 191 g/mol. The van der Waals surface area contributed by atoms with Crippen molar-refractivity contribution in [2.75, 3.05) is 0 Å². The molecule has 14 heavy (non-hydrogen) atoms. The fraction of sp³-hybridized carbons (Fsp3) is 0.182. The summed E-state index contributed by atoms with van der Waals surface area (Å²) in [7, 11) is 0. The van der Waals surface area contributed by atoms with Crippen molar-refractivity contribution in [3.8, 4) is 5.75 Å². The molecule has 3 nitrogen and oxygen atoms in total. The highest BCUT2D eigenvalue weighted by Crippen LogP contribution is 2.16. The Morgan fingerprint density at radius 2 is 2.21 bits per heavy atom. The molecule has 0 spiro atoms. The highest BCUT2D eigenvalue weighted by molar-refractivity contribution is 5.76. The molecule has 3 N–H and O–H groups in total. The normalized spacial score (nSPS) is 10.6. The number of aryl methyl sites for hydroxylation is 1. The van der Waals surface area contributed by atoms with Gasteiger partial charge in [-0.15, -0.1) is 0 Å². The maximum atomic E-state index is 10.4. The Labute approximate surface area is 82.9 Å². The number of rotatable bonds is 3. The van der Waals surface area contributed by atoms with Gasteiger partial charge in [-0.25, -0.2) is 0 Å². The molecule has 0 atom stereocenters. The summed E-state index contributed by atoms with van der Waals surface area (Å²) in [5.41, 5.74) is 6.82. The zero-order valence-corrected chi connectivity index (χ0v) is 8.03. The number of hydrogen-bond donors (Lipinski definition) is 2. The van der Waals surface area contributed by atoms with Gasteiger partial charge in [0.25, 0.3) is 0 Å². The van der Waals surface area contributed by atoms with Crippen LogP contribution in [0.2, 0.25) is 0 Å². The molecule has 0 radical (unpaired) electrons. The molecule has 0 bridgehead atoms. The molecule has 1 aromatic rings. The maximum absolute atomic E-state index is 10.4. The molecule has 0 aliphatic rings. The number of phenols is 1. The van der Waals surface area contributed by atoms with E-state index >= 15 is 0 Å². The molecule has 74 valence electrons. The summed E-state index contributed by atoms with van der Waals surface area (Å²) >= 11 is 0. The van der Waals surface area contributed by atoms with Gasteiger partial charge in [-0.2, -0.15) is 0 Å². The molecular weight excluding hydrogens is 178 g/mol. The maximum Gasteiger partial charge on any atom is 0.221 e. The molecule has 1 rings (SSSR count). The van der Waals surface area contributed by atoms with Gasteiger partial charge in [0.15, 0.2) is 0 Å². The number of amides is 1. The average molecular weight is 191 g/mol. The molecule has 0 fully saturated rings. The molecule has 0 heterocycles. The number of aromatic hydroxyl groups is 1. The van der Waals surface area contributed by atoms with Crippen LogP contribution in [0.15, 0.2) is 24.3 Å². The Kier molecular flexibility index (Phi) is 3.29. The van der Waals surface area contributed by atoms with Crippen molar-refractivity contribution in [3.05, 3.63) is 35.4 Å². The molecule has 0 saturated carbocycles. The van der Waals surface area contributed by atoms with Gasteiger partial charge in [0.05, 0.1) is 0 Å². The average Bonchev–Trinajstić information content (AvgIpc) is 2.01. The van der Waals surface area contributed by atoms with Gasteiger partial charge in [-0.3, -0.25) is 4.79 Å². The highest BCUT2D eigenvalue weighted by atomic mass is 16.3. The third-order valence-electron chi connectivity index (χ3n) is 1.71. The van der Waals surface area contributed by atoms with Crippen LogP contribution in [0, 0.1) is 6.92 Å². The van der Waals surface area contributed by atoms with E-state index in [1.807, 2.05) is 13.0 Å². The molecular formula is C11H13NO2. The SMILES string of the molecule is Cc1cc(O)cc(C=CCC(N)=O)c1. The third kappa shape index (κ3) is 3.31. The number of benzene rings is 1. The zero-order valence-electron chi connectivity index (χ0n) is 8.03. The fourth-order valence-corrected chi connectivity index (χ4v) is 1.20. The second kappa shape index (κ2) is 4.46. The van der Waals surface area contributed by atoms with Crippen LogP contribution < -0.4 is 5.73 Å². The smallest absolute Gasteiger partial charge is 0.221 e. The van der Waals surface area contributed by atoms with Gasteiger partial charge in [0.1, 0.15) is 5.75 Å². The first-order valence-electron chi connectivity index (χ1n) is 4.33. The zero-order chi connectivity index (χ0) is 10.6. The van der Waals surface area contributed by atoms with Crippen molar-refractivity contribution >= 4 is 12.0 Å². The molecule has 3 heteroatoms. The van der Waals surface area contributed by atoms with Gasteiger partial charge in [-0.05, 0) is 30.2 Å². The minimum absolute atomic E-state index is 0.217. The molecule has 0 aromatic heterocycles. The molecule has 1 aromatic carbocycles. The summed E-state index contributed by atoms with van der Waals surface area (Å²) < 4.78 is 0. The Morgan fingerprint density at radius 3 is 2.79 bits per heavy atom. The summed E-state index contributed by atoms with van der Waals surface area (Å²) in [4.78, 5) is 10.4. The standard InChI is InChI=1S/C11H13NO2/c1-8-5-9(7-10(13)6-8)3-2-4-11(12)14/h2-3,5-7,13H,4H2,1H3,(H2,12,14). The topological polar surface area (TPSA) is 63.3 Å².